The zero-order chi connectivity index (χ0) is 12.6. The summed E-state index contributed by atoms with van der Waals surface area (Å²) in [4.78, 5) is 37.0. The van der Waals surface area contributed by atoms with E-state index < -0.39 is 30.3 Å². The molecular formula is C10H8N2O5. The van der Waals surface area contributed by atoms with E-state index in [2.05, 4.69) is 10.3 Å². The lowest BCUT2D eigenvalue weighted by Gasteiger charge is -2.15. The molecule has 17 heavy (non-hydrogen) atoms. The van der Waals surface area contributed by atoms with Crippen LogP contribution in [0.1, 0.15) is 6.42 Å². The summed E-state index contributed by atoms with van der Waals surface area (Å²) >= 11 is 0. The third kappa shape index (κ3) is 1.82. The molecule has 0 saturated carbocycles. The molecule has 0 aromatic rings. The fourth-order valence-electron chi connectivity index (χ4n) is 1.79. The van der Waals surface area contributed by atoms with Crippen molar-refractivity contribution in [3.8, 4) is 0 Å². The van der Waals surface area contributed by atoms with Crippen LogP contribution in [-0.4, -0.2) is 39.8 Å². The van der Waals surface area contributed by atoms with Crippen molar-refractivity contribution >= 4 is 23.4 Å². The second kappa shape index (κ2) is 3.85. The van der Waals surface area contributed by atoms with E-state index >= 15 is 0 Å². The number of nitrogens with zero attached hydrogens (tertiary/aromatic N) is 1. The van der Waals surface area contributed by atoms with Gasteiger partial charge in [0, 0.05) is 23.4 Å². The SMILES string of the molecule is O=C(O)CC1=C2C(=O)C=CNC2N=C1C(=O)O. The number of rotatable bonds is 3. The Labute approximate surface area is 95.2 Å². The number of carbonyl (C=O) groups excluding carboxylic acids is 1. The number of hydrogen-bond donors (Lipinski definition) is 3. The summed E-state index contributed by atoms with van der Waals surface area (Å²) in [5, 5.41) is 20.3. The second-order valence-corrected chi connectivity index (χ2v) is 3.51. The van der Waals surface area contributed by atoms with E-state index in [0.717, 1.165) is 0 Å². The first-order chi connectivity index (χ1) is 8.00. The minimum Gasteiger partial charge on any atom is -0.481 e. The minimum absolute atomic E-state index is 0.0307. The van der Waals surface area contributed by atoms with Crippen molar-refractivity contribution in [2.24, 2.45) is 4.99 Å². The summed E-state index contributed by atoms with van der Waals surface area (Å²) in [7, 11) is 0. The summed E-state index contributed by atoms with van der Waals surface area (Å²) < 4.78 is 0. The van der Waals surface area contributed by atoms with Crippen LogP contribution in [-0.2, 0) is 14.4 Å². The number of hydrogen-bond acceptors (Lipinski definition) is 5. The Bertz CT molecular complexity index is 515. The summed E-state index contributed by atoms with van der Waals surface area (Å²) in [6.45, 7) is 0. The maximum atomic E-state index is 11.6. The van der Waals surface area contributed by atoms with Crippen LogP contribution in [0.25, 0.3) is 0 Å². The van der Waals surface area contributed by atoms with E-state index in [9.17, 15) is 14.4 Å². The van der Waals surface area contributed by atoms with Gasteiger partial charge >= 0.3 is 11.9 Å². The summed E-state index contributed by atoms with van der Waals surface area (Å²) in [6.07, 6.45) is 1.27. The maximum absolute atomic E-state index is 11.6. The van der Waals surface area contributed by atoms with E-state index in [4.69, 9.17) is 10.2 Å². The number of ketones is 1. The van der Waals surface area contributed by atoms with E-state index in [1.165, 1.54) is 12.3 Å². The molecule has 0 aromatic heterocycles. The van der Waals surface area contributed by atoms with Crippen LogP contribution in [0.5, 0.6) is 0 Å². The predicted molar refractivity (Wildman–Crippen MR) is 55.4 cm³/mol. The highest BCUT2D eigenvalue weighted by atomic mass is 16.4. The number of carboxylic acids is 2. The third-order valence-electron chi connectivity index (χ3n) is 2.43. The smallest absolute Gasteiger partial charge is 0.354 e. The lowest BCUT2D eigenvalue weighted by Crippen LogP contribution is -2.30. The Morgan fingerprint density at radius 1 is 1.41 bits per heavy atom. The Balaban J connectivity index is 2.50. The van der Waals surface area contributed by atoms with Gasteiger partial charge in [-0.25, -0.2) is 9.79 Å². The molecule has 0 fully saturated rings. The van der Waals surface area contributed by atoms with Crippen LogP contribution in [0.4, 0.5) is 0 Å². The Kier molecular flexibility index (Phi) is 2.51. The molecule has 0 amide bonds. The average Bonchev–Trinajstić information content (AvgIpc) is 2.57. The second-order valence-electron chi connectivity index (χ2n) is 3.51. The number of aliphatic imine (C=N–C) groups is 1. The topological polar surface area (TPSA) is 116 Å². The average molecular weight is 236 g/mol. The van der Waals surface area contributed by atoms with Gasteiger partial charge in [0.1, 0.15) is 11.9 Å². The number of aliphatic carboxylic acids is 2. The Morgan fingerprint density at radius 3 is 2.71 bits per heavy atom. The zero-order valence-corrected chi connectivity index (χ0v) is 8.51. The van der Waals surface area contributed by atoms with Crippen LogP contribution in [0.2, 0.25) is 0 Å². The van der Waals surface area contributed by atoms with Gasteiger partial charge in [-0.3, -0.25) is 9.59 Å². The van der Waals surface area contributed by atoms with Crippen molar-refractivity contribution in [2.45, 2.75) is 12.6 Å². The van der Waals surface area contributed by atoms with Gasteiger partial charge in [-0.15, -0.1) is 0 Å². The standard InChI is InChI=1S/C10H8N2O5/c13-5-1-2-11-9-7(5)4(3-6(14)15)8(12-9)10(16)17/h1-2,9,11H,3H2,(H,14,15)(H,16,17). The van der Waals surface area contributed by atoms with Crippen LogP contribution in [0.3, 0.4) is 0 Å². The quantitative estimate of drug-likeness (QED) is 0.597. The highest BCUT2D eigenvalue weighted by molar-refractivity contribution is 6.45. The molecule has 88 valence electrons. The largest absolute Gasteiger partial charge is 0.481 e. The van der Waals surface area contributed by atoms with Crippen molar-refractivity contribution in [1.82, 2.24) is 5.32 Å². The molecule has 0 bridgehead atoms. The zero-order valence-electron chi connectivity index (χ0n) is 8.51. The van der Waals surface area contributed by atoms with E-state index in [0.29, 0.717) is 0 Å². The number of carbonyl (C=O) groups is 3. The maximum Gasteiger partial charge on any atom is 0.354 e. The van der Waals surface area contributed by atoms with Crippen molar-refractivity contribution in [3.05, 3.63) is 23.4 Å². The van der Waals surface area contributed by atoms with Gasteiger partial charge in [-0.1, -0.05) is 0 Å². The van der Waals surface area contributed by atoms with Crippen LogP contribution in [0, 0.1) is 0 Å². The molecular weight excluding hydrogens is 228 g/mol. The molecule has 0 aromatic carbocycles. The van der Waals surface area contributed by atoms with E-state index in [1.54, 1.807) is 0 Å². The van der Waals surface area contributed by atoms with Gasteiger partial charge in [0.05, 0.1) is 6.42 Å². The van der Waals surface area contributed by atoms with Gasteiger partial charge in [0.25, 0.3) is 0 Å². The van der Waals surface area contributed by atoms with Crippen molar-refractivity contribution in [3.63, 3.8) is 0 Å². The molecule has 3 N–H and O–H groups in total. The highest BCUT2D eigenvalue weighted by Gasteiger charge is 2.36. The van der Waals surface area contributed by atoms with Crippen LogP contribution in [0.15, 0.2) is 28.4 Å². The fourth-order valence-corrected chi connectivity index (χ4v) is 1.79. The molecule has 2 aliphatic rings. The lowest BCUT2D eigenvalue weighted by atomic mass is 9.97. The molecule has 0 saturated heterocycles. The first kappa shape index (κ1) is 11.1. The molecule has 1 unspecified atom stereocenters. The number of carboxylic acid groups (broad SMARTS) is 2. The van der Waals surface area contributed by atoms with Crippen molar-refractivity contribution < 1.29 is 24.6 Å². The van der Waals surface area contributed by atoms with Gasteiger partial charge in [-0.05, 0) is 0 Å². The molecule has 2 rings (SSSR count). The van der Waals surface area contributed by atoms with E-state index in [1.807, 2.05) is 0 Å². The summed E-state index contributed by atoms with van der Waals surface area (Å²) in [5.41, 5.74) is -0.291. The minimum atomic E-state index is -1.34. The highest BCUT2D eigenvalue weighted by Crippen LogP contribution is 2.26. The van der Waals surface area contributed by atoms with Crippen LogP contribution < -0.4 is 5.32 Å². The molecule has 0 aliphatic carbocycles. The number of fused-ring (bicyclic) bond motifs is 1. The molecule has 0 radical (unpaired) electrons. The molecule has 2 aliphatic heterocycles. The van der Waals surface area contributed by atoms with Gasteiger partial charge in [0.2, 0.25) is 0 Å². The Hall–Kier alpha value is -2.44. The number of allylic oxidation sites excluding steroid dienone is 1. The first-order valence-corrected chi connectivity index (χ1v) is 4.74. The molecule has 1 atom stereocenters. The monoisotopic (exact) mass is 236 g/mol. The summed E-state index contributed by atoms with van der Waals surface area (Å²) in [6, 6.07) is 0. The van der Waals surface area contributed by atoms with Gasteiger partial charge < -0.3 is 15.5 Å². The predicted octanol–water partition coefficient (Wildman–Crippen LogP) is -0.691. The van der Waals surface area contributed by atoms with Crippen molar-refractivity contribution in [1.29, 1.82) is 0 Å². The lowest BCUT2D eigenvalue weighted by molar-refractivity contribution is -0.136. The summed E-state index contributed by atoms with van der Waals surface area (Å²) in [5.74, 6) is -2.95. The molecule has 7 heteroatoms. The van der Waals surface area contributed by atoms with Gasteiger partial charge in [-0.2, -0.15) is 0 Å². The normalized spacial score (nSPS) is 22.0. The van der Waals surface area contributed by atoms with Gasteiger partial charge in [0.15, 0.2) is 5.78 Å². The fraction of sp³-hybridized carbons (Fsp3) is 0.200. The van der Waals surface area contributed by atoms with Crippen LogP contribution >= 0.6 is 0 Å². The Morgan fingerprint density at radius 2 is 2.12 bits per heavy atom. The molecule has 7 nitrogen and oxygen atoms in total. The number of nitrogens with one attached hydrogen (secondary N) is 1. The first-order valence-electron chi connectivity index (χ1n) is 4.74. The van der Waals surface area contributed by atoms with Crippen molar-refractivity contribution in [2.75, 3.05) is 0 Å². The molecule has 0 spiro atoms. The molecule has 2 heterocycles. The van der Waals surface area contributed by atoms with E-state index in [-0.39, 0.29) is 16.9 Å². The third-order valence-corrected chi connectivity index (χ3v) is 2.43.